The van der Waals surface area contributed by atoms with Gasteiger partial charge in [0.15, 0.2) is 0 Å². The van der Waals surface area contributed by atoms with E-state index in [0.717, 1.165) is 19.6 Å². The maximum Gasteiger partial charge on any atom is 0.0318 e. The lowest BCUT2D eigenvalue weighted by Crippen LogP contribution is -2.50. The highest BCUT2D eigenvalue weighted by molar-refractivity contribution is 6.13. The van der Waals surface area contributed by atoms with Gasteiger partial charge in [0, 0.05) is 31.6 Å². The molecule has 0 aliphatic carbocycles. The number of nitrogens with one attached hydrogen (secondary N) is 1. The van der Waals surface area contributed by atoms with Gasteiger partial charge in [-0.2, -0.15) is 0 Å². The Kier molecular flexibility index (Phi) is 4.36. The fourth-order valence-corrected chi connectivity index (χ4v) is 3.17. The molecule has 104 valence electrons. The second-order valence-corrected chi connectivity index (χ2v) is 5.71. The van der Waals surface area contributed by atoms with Gasteiger partial charge >= 0.3 is 0 Å². The number of benzene rings is 2. The van der Waals surface area contributed by atoms with Crippen molar-refractivity contribution in [2.24, 2.45) is 0 Å². The molecule has 20 heavy (non-hydrogen) atoms. The summed E-state index contributed by atoms with van der Waals surface area (Å²) >= 11 is 6.22. The van der Waals surface area contributed by atoms with E-state index in [1.54, 1.807) is 0 Å². The molecule has 1 N–H and O–H groups in total. The number of halogens is 1. The number of hydrogen-bond donors (Lipinski definition) is 1. The minimum atomic E-state index is 0.332. The molecule has 0 amide bonds. The SMILES string of the molecule is ClN1CCNC(C(c2ccccc2)c2ccccc2)C1. The smallest absolute Gasteiger partial charge is 0.0318 e. The highest BCUT2D eigenvalue weighted by atomic mass is 35.5. The largest absolute Gasteiger partial charge is 0.310 e. The van der Waals surface area contributed by atoms with E-state index in [4.69, 9.17) is 11.8 Å². The van der Waals surface area contributed by atoms with Crippen molar-refractivity contribution in [3.8, 4) is 0 Å². The first kappa shape index (κ1) is 13.6. The van der Waals surface area contributed by atoms with Crippen molar-refractivity contribution in [3.63, 3.8) is 0 Å². The van der Waals surface area contributed by atoms with E-state index in [1.807, 2.05) is 4.42 Å². The van der Waals surface area contributed by atoms with Gasteiger partial charge in [-0.25, -0.2) is 4.42 Å². The molecule has 1 aliphatic heterocycles. The average Bonchev–Trinajstić information content (AvgIpc) is 2.50. The minimum Gasteiger partial charge on any atom is -0.310 e. The van der Waals surface area contributed by atoms with Crippen LogP contribution in [-0.4, -0.2) is 30.1 Å². The van der Waals surface area contributed by atoms with Crippen LogP contribution in [0.2, 0.25) is 0 Å². The number of rotatable bonds is 3. The van der Waals surface area contributed by atoms with Gasteiger partial charge in [-0.15, -0.1) is 0 Å². The molecule has 0 aromatic heterocycles. The van der Waals surface area contributed by atoms with Crippen LogP contribution in [0.4, 0.5) is 0 Å². The predicted molar refractivity (Wildman–Crippen MR) is 83.9 cm³/mol. The van der Waals surface area contributed by atoms with Crippen LogP contribution in [0.25, 0.3) is 0 Å². The Morgan fingerprint density at radius 3 is 2.00 bits per heavy atom. The van der Waals surface area contributed by atoms with Crippen LogP contribution in [0.1, 0.15) is 17.0 Å². The van der Waals surface area contributed by atoms with Crippen LogP contribution >= 0.6 is 11.8 Å². The van der Waals surface area contributed by atoms with Crippen molar-refractivity contribution in [1.29, 1.82) is 0 Å². The summed E-state index contributed by atoms with van der Waals surface area (Å²) in [7, 11) is 0. The van der Waals surface area contributed by atoms with Gasteiger partial charge < -0.3 is 5.32 Å². The molecule has 2 nitrogen and oxygen atoms in total. The van der Waals surface area contributed by atoms with Crippen molar-refractivity contribution >= 4 is 11.8 Å². The molecule has 0 spiro atoms. The molecule has 0 saturated carbocycles. The Bertz CT molecular complexity index is 490. The molecule has 2 aromatic rings. The molecule has 1 aliphatic rings. The first-order valence-electron chi connectivity index (χ1n) is 7.08. The zero-order chi connectivity index (χ0) is 13.8. The van der Waals surface area contributed by atoms with Crippen LogP contribution in [0.5, 0.6) is 0 Å². The summed E-state index contributed by atoms with van der Waals surface area (Å²) in [5.41, 5.74) is 2.67. The van der Waals surface area contributed by atoms with Crippen molar-refractivity contribution in [1.82, 2.24) is 9.74 Å². The van der Waals surface area contributed by atoms with E-state index in [0.29, 0.717) is 12.0 Å². The lowest BCUT2D eigenvalue weighted by molar-refractivity contribution is 0.293. The summed E-state index contributed by atoms with van der Waals surface area (Å²) < 4.78 is 1.89. The Hall–Kier alpha value is -1.35. The summed E-state index contributed by atoms with van der Waals surface area (Å²) in [6.45, 7) is 2.69. The Morgan fingerprint density at radius 2 is 1.50 bits per heavy atom. The fraction of sp³-hybridized carbons (Fsp3) is 0.294. The third-order valence-electron chi connectivity index (χ3n) is 3.88. The monoisotopic (exact) mass is 286 g/mol. The van der Waals surface area contributed by atoms with E-state index >= 15 is 0 Å². The molecule has 1 heterocycles. The first-order chi connectivity index (χ1) is 9.84. The first-order valence-corrected chi connectivity index (χ1v) is 7.42. The maximum absolute atomic E-state index is 6.22. The second-order valence-electron chi connectivity index (χ2n) is 5.23. The molecule has 1 atom stereocenters. The third kappa shape index (κ3) is 3.04. The van der Waals surface area contributed by atoms with E-state index < -0.39 is 0 Å². The Balaban J connectivity index is 1.95. The topological polar surface area (TPSA) is 15.3 Å². The van der Waals surface area contributed by atoms with Crippen molar-refractivity contribution < 1.29 is 0 Å². The summed E-state index contributed by atoms with van der Waals surface area (Å²) in [6, 6.07) is 21.7. The summed E-state index contributed by atoms with van der Waals surface area (Å²) in [4.78, 5) is 0. The van der Waals surface area contributed by atoms with Crippen LogP contribution in [0.15, 0.2) is 60.7 Å². The number of nitrogens with zero attached hydrogens (tertiary/aromatic N) is 1. The van der Waals surface area contributed by atoms with Crippen molar-refractivity contribution in [2.45, 2.75) is 12.0 Å². The quantitative estimate of drug-likeness (QED) is 0.872. The van der Waals surface area contributed by atoms with Gasteiger partial charge in [-0.3, -0.25) is 0 Å². The van der Waals surface area contributed by atoms with Crippen LogP contribution in [-0.2, 0) is 0 Å². The van der Waals surface area contributed by atoms with E-state index in [9.17, 15) is 0 Å². The standard InChI is InChI=1S/C17H19ClN2/c18-20-12-11-19-16(13-20)17(14-7-3-1-4-8-14)15-9-5-2-6-10-15/h1-10,16-17,19H,11-13H2. The zero-order valence-electron chi connectivity index (χ0n) is 11.4. The number of piperazine rings is 1. The fourth-order valence-electron chi connectivity index (χ4n) is 2.94. The van der Waals surface area contributed by atoms with E-state index in [2.05, 4.69) is 66.0 Å². The normalized spacial score (nSPS) is 20.2. The van der Waals surface area contributed by atoms with Gasteiger partial charge in [0.2, 0.25) is 0 Å². The van der Waals surface area contributed by atoms with Gasteiger partial charge in [-0.05, 0) is 22.9 Å². The van der Waals surface area contributed by atoms with Gasteiger partial charge in [0.05, 0.1) is 0 Å². The molecule has 0 radical (unpaired) electrons. The third-order valence-corrected chi connectivity index (χ3v) is 4.18. The molecular weight excluding hydrogens is 268 g/mol. The zero-order valence-corrected chi connectivity index (χ0v) is 12.1. The van der Waals surface area contributed by atoms with Crippen LogP contribution in [0, 0.1) is 0 Å². The maximum atomic E-state index is 6.22. The lowest BCUT2D eigenvalue weighted by Gasteiger charge is -2.35. The van der Waals surface area contributed by atoms with Crippen molar-refractivity contribution in [2.75, 3.05) is 19.6 Å². The molecule has 1 fully saturated rings. The number of hydrogen-bond acceptors (Lipinski definition) is 2. The van der Waals surface area contributed by atoms with Gasteiger partial charge in [0.1, 0.15) is 0 Å². The van der Waals surface area contributed by atoms with Gasteiger partial charge in [0.25, 0.3) is 0 Å². The molecule has 0 bridgehead atoms. The van der Waals surface area contributed by atoms with E-state index in [-0.39, 0.29) is 0 Å². The second kappa shape index (κ2) is 6.40. The molecule has 2 aromatic carbocycles. The summed E-state index contributed by atoms with van der Waals surface area (Å²) in [6.07, 6.45) is 0. The predicted octanol–water partition coefficient (Wildman–Crippen LogP) is 3.25. The van der Waals surface area contributed by atoms with Crippen molar-refractivity contribution in [3.05, 3.63) is 71.8 Å². The highest BCUT2D eigenvalue weighted by Gasteiger charge is 2.28. The molecule has 1 saturated heterocycles. The Morgan fingerprint density at radius 1 is 0.950 bits per heavy atom. The molecule has 1 unspecified atom stereocenters. The lowest BCUT2D eigenvalue weighted by atomic mass is 9.84. The minimum absolute atomic E-state index is 0.332. The molecule has 3 rings (SSSR count). The molecule has 3 heteroatoms. The Labute approximate surface area is 125 Å². The summed E-state index contributed by atoms with van der Waals surface area (Å²) in [5.74, 6) is 0.332. The summed E-state index contributed by atoms with van der Waals surface area (Å²) in [5, 5.41) is 3.62. The van der Waals surface area contributed by atoms with E-state index in [1.165, 1.54) is 11.1 Å². The average molecular weight is 287 g/mol. The van der Waals surface area contributed by atoms with Crippen LogP contribution < -0.4 is 5.32 Å². The van der Waals surface area contributed by atoms with Crippen LogP contribution in [0.3, 0.4) is 0 Å². The molecular formula is C17H19ClN2. The van der Waals surface area contributed by atoms with Gasteiger partial charge in [-0.1, -0.05) is 60.7 Å². The highest BCUT2D eigenvalue weighted by Crippen LogP contribution is 2.29.